The van der Waals surface area contributed by atoms with Crippen molar-refractivity contribution in [3.05, 3.63) is 108 Å². The Morgan fingerprint density at radius 3 is 2.59 bits per heavy atom. The largest absolute Gasteiger partial charge is 0.497 e. The van der Waals surface area contributed by atoms with E-state index in [1.165, 1.54) is 12.1 Å². The van der Waals surface area contributed by atoms with E-state index in [1.54, 1.807) is 19.4 Å². The first-order chi connectivity index (χ1) is 15.7. The number of nitrogens with one attached hydrogen (secondary N) is 1. The van der Waals surface area contributed by atoms with Crippen LogP contribution in [0, 0.1) is 5.82 Å². The number of aromatic nitrogens is 2. The van der Waals surface area contributed by atoms with Crippen LogP contribution in [0.5, 0.6) is 5.75 Å². The lowest BCUT2D eigenvalue weighted by Crippen LogP contribution is -2.30. The maximum absolute atomic E-state index is 14.0. The fourth-order valence-corrected chi connectivity index (χ4v) is 4.54. The highest BCUT2D eigenvalue weighted by atomic mass is 32.1. The maximum Gasteiger partial charge on any atom is 0.174 e. The van der Waals surface area contributed by atoms with Crippen molar-refractivity contribution in [1.82, 2.24) is 14.9 Å². The molecule has 1 saturated heterocycles. The summed E-state index contributed by atoms with van der Waals surface area (Å²) in [7, 11) is 1.64. The van der Waals surface area contributed by atoms with Gasteiger partial charge in [-0.1, -0.05) is 18.2 Å². The number of nitrogens with zero attached hydrogens (tertiary/aromatic N) is 3. The van der Waals surface area contributed by atoms with Crippen molar-refractivity contribution < 1.29 is 9.13 Å². The Balaban J connectivity index is 1.67. The zero-order valence-corrected chi connectivity index (χ0v) is 18.2. The molecule has 0 unspecified atom stereocenters. The predicted octanol–water partition coefficient (Wildman–Crippen LogP) is 5.20. The molecular weight excluding hydrogens is 423 g/mol. The number of hydrogen-bond donors (Lipinski definition) is 1. The van der Waals surface area contributed by atoms with E-state index in [0.717, 1.165) is 28.5 Å². The van der Waals surface area contributed by atoms with Gasteiger partial charge in [-0.25, -0.2) is 4.39 Å². The fourth-order valence-electron chi connectivity index (χ4n) is 4.19. The van der Waals surface area contributed by atoms with Crippen LogP contribution in [0.15, 0.2) is 91.3 Å². The minimum atomic E-state index is -0.284. The molecule has 3 heterocycles. The number of hydrogen-bond acceptors (Lipinski definition) is 3. The highest BCUT2D eigenvalue weighted by Gasteiger charge is 2.42. The summed E-state index contributed by atoms with van der Waals surface area (Å²) in [6.45, 7) is 0. The molecule has 1 aliphatic rings. The number of pyridine rings is 1. The quantitative estimate of drug-likeness (QED) is 0.429. The van der Waals surface area contributed by atoms with Gasteiger partial charge < -0.3 is 19.5 Å². The Labute approximate surface area is 191 Å². The summed E-state index contributed by atoms with van der Waals surface area (Å²) in [6.07, 6.45) is 3.71. The van der Waals surface area contributed by atoms with E-state index in [9.17, 15) is 4.39 Å². The Kier molecular flexibility index (Phi) is 5.33. The van der Waals surface area contributed by atoms with E-state index < -0.39 is 0 Å². The van der Waals surface area contributed by atoms with Gasteiger partial charge >= 0.3 is 0 Å². The van der Waals surface area contributed by atoms with Gasteiger partial charge in [-0.15, -0.1) is 0 Å². The van der Waals surface area contributed by atoms with Crippen LogP contribution in [0.1, 0.15) is 23.5 Å². The van der Waals surface area contributed by atoms with Gasteiger partial charge in [-0.05, 0) is 66.8 Å². The molecule has 5 nitrogen and oxygen atoms in total. The molecule has 2 aromatic carbocycles. The van der Waals surface area contributed by atoms with Crippen molar-refractivity contribution in [2.75, 3.05) is 12.0 Å². The van der Waals surface area contributed by atoms with E-state index >= 15 is 0 Å². The molecule has 2 aromatic heterocycles. The third-order valence-corrected chi connectivity index (χ3v) is 5.91. The SMILES string of the molecule is COc1cccc(N2C(=S)N[C@@H](c3ccccn3)[C@H]2c2cccn2-c2cccc(F)c2)c1. The molecule has 160 valence electrons. The fraction of sp³-hybridized carbons (Fsp3) is 0.120. The summed E-state index contributed by atoms with van der Waals surface area (Å²) in [5, 5.41) is 4.04. The summed E-state index contributed by atoms with van der Waals surface area (Å²) in [5.41, 5.74) is 3.48. The van der Waals surface area contributed by atoms with Crippen LogP contribution in [-0.2, 0) is 0 Å². The lowest BCUT2D eigenvalue weighted by molar-refractivity contribution is 0.414. The summed E-state index contributed by atoms with van der Waals surface area (Å²) in [6, 6.07) is 23.8. The highest BCUT2D eigenvalue weighted by molar-refractivity contribution is 7.80. The molecule has 0 radical (unpaired) electrons. The summed E-state index contributed by atoms with van der Waals surface area (Å²) in [4.78, 5) is 6.66. The van der Waals surface area contributed by atoms with E-state index in [1.807, 2.05) is 71.4 Å². The number of thiocarbonyl (C=S) groups is 1. The van der Waals surface area contributed by atoms with Crippen LogP contribution in [-0.4, -0.2) is 21.8 Å². The second kappa shape index (κ2) is 8.43. The molecule has 2 atom stereocenters. The lowest BCUT2D eigenvalue weighted by atomic mass is 10.0. The Morgan fingerprint density at radius 2 is 1.81 bits per heavy atom. The number of benzene rings is 2. The van der Waals surface area contributed by atoms with Gasteiger partial charge in [-0.2, -0.15) is 0 Å². The van der Waals surface area contributed by atoms with E-state index in [-0.39, 0.29) is 17.9 Å². The minimum absolute atomic E-state index is 0.197. The maximum atomic E-state index is 14.0. The highest BCUT2D eigenvalue weighted by Crippen LogP contribution is 2.42. The molecule has 1 N–H and O–H groups in total. The number of rotatable bonds is 5. The molecule has 7 heteroatoms. The van der Waals surface area contributed by atoms with Gasteiger partial charge in [-0.3, -0.25) is 4.98 Å². The first-order valence-electron chi connectivity index (χ1n) is 10.2. The van der Waals surface area contributed by atoms with Crippen LogP contribution in [0.2, 0.25) is 0 Å². The van der Waals surface area contributed by atoms with Gasteiger partial charge in [0, 0.05) is 35.5 Å². The first-order valence-corrected chi connectivity index (χ1v) is 10.6. The molecule has 0 bridgehead atoms. The Hall–Kier alpha value is -3.71. The van der Waals surface area contributed by atoms with Gasteiger partial charge in [0.25, 0.3) is 0 Å². The predicted molar refractivity (Wildman–Crippen MR) is 127 cm³/mol. The van der Waals surface area contributed by atoms with Crippen molar-refractivity contribution >= 4 is 23.0 Å². The van der Waals surface area contributed by atoms with Crippen molar-refractivity contribution in [3.8, 4) is 11.4 Å². The van der Waals surface area contributed by atoms with Crippen molar-refractivity contribution in [1.29, 1.82) is 0 Å². The minimum Gasteiger partial charge on any atom is -0.497 e. The van der Waals surface area contributed by atoms with Gasteiger partial charge in [0.2, 0.25) is 0 Å². The molecule has 0 amide bonds. The Morgan fingerprint density at radius 1 is 0.969 bits per heavy atom. The monoisotopic (exact) mass is 444 g/mol. The van der Waals surface area contributed by atoms with E-state index in [0.29, 0.717) is 5.11 Å². The second-order valence-corrected chi connectivity index (χ2v) is 7.87. The van der Waals surface area contributed by atoms with Gasteiger partial charge in [0.05, 0.1) is 18.8 Å². The van der Waals surface area contributed by atoms with Gasteiger partial charge in [0.1, 0.15) is 17.6 Å². The standard InChI is InChI=1S/C25H21FN4OS/c1-31-20-10-5-9-19(16-20)30-24(23(28-25(30)32)21-11-2-3-13-27-21)22-12-6-14-29(22)18-8-4-7-17(26)15-18/h2-16,23-24H,1H3,(H,28,32)/t23-,24+/m0/s1. The van der Waals surface area contributed by atoms with Crippen LogP contribution >= 0.6 is 12.2 Å². The molecule has 1 fully saturated rings. The van der Waals surface area contributed by atoms with Crippen molar-refractivity contribution in [2.24, 2.45) is 0 Å². The third kappa shape index (κ3) is 3.61. The average Bonchev–Trinajstić information content (AvgIpc) is 3.44. The molecule has 0 spiro atoms. The number of halogens is 1. The van der Waals surface area contributed by atoms with E-state index in [4.69, 9.17) is 17.0 Å². The van der Waals surface area contributed by atoms with Crippen LogP contribution in [0.4, 0.5) is 10.1 Å². The number of anilines is 1. The Bertz CT molecular complexity index is 1260. The van der Waals surface area contributed by atoms with Crippen molar-refractivity contribution in [2.45, 2.75) is 12.1 Å². The normalized spacial score (nSPS) is 17.9. The number of methoxy groups -OCH3 is 1. The smallest absolute Gasteiger partial charge is 0.174 e. The summed E-state index contributed by atoms with van der Waals surface area (Å²) >= 11 is 5.79. The molecular formula is C25H21FN4OS. The molecule has 5 rings (SSSR count). The average molecular weight is 445 g/mol. The van der Waals surface area contributed by atoms with E-state index in [2.05, 4.69) is 15.2 Å². The summed E-state index contributed by atoms with van der Waals surface area (Å²) in [5.74, 6) is 0.457. The molecule has 4 aromatic rings. The first kappa shape index (κ1) is 20.2. The molecule has 0 saturated carbocycles. The molecule has 0 aliphatic carbocycles. The number of ether oxygens (including phenoxy) is 1. The van der Waals surface area contributed by atoms with Crippen LogP contribution in [0.25, 0.3) is 5.69 Å². The zero-order valence-electron chi connectivity index (χ0n) is 17.4. The van der Waals surface area contributed by atoms with Gasteiger partial charge in [0.15, 0.2) is 5.11 Å². The lowest BCUT2D eigenvalue weighted by Gasteiger charge is -2.29. The second-order valence-electron chi connectivity index (χ2n) is 7.48. The van der Waals surface area contributed by atoms with Crippen LogP contribution < -0.4 is 15.0 Å². The topological polar surface area (TPSA) is 42.3 Å². The summed E-state index contributed by atoms with van der Waals surface area (Å²) < 4.78 is 21.5. The van der Waals surface area contributed by atoms with Crippen LogP contribution in [0.3, 0.4) is 0 Å². The molecule has 32 heavy (non-hydrogen) atoms. The zero-order chi connectivity index (χ0) is 22.1. The third-order valence-electron chi connectivity index (χ3n) is 5.60. The molecule has 1 aliphatic heterocycles. The van der Waals surface area contributed by atoms with Crippen molar-refractivity contribution in [3.63, 3.8) is 0 Å².